The Morgan fingerprint density at radius 1 is 1.40 bits per heavy atom. The molecular formula is C13H16FN3O2S. The van der Waals surface area contributed by atoms with E-state index < -0.39 is 10.0 Å². The summed E-state index contributed by atoms with van der Waals surface area (Å²) in [5.74, 6) is 0.298. The largest absolute Gasteiger partial charge is 0.329 e. The molecule has 20 heavy (non-hydrogen) atoms. The van der Waals surface area contributed by atoms with Crippen molar-refractivity contribution in [2.24, 2.45) is 5.14 Å². The van der Waals surface area contributed by atoms with Crippen molar-refractivity contribution in [2.45, 2.75) is 31.3 Å². The van der Waals surface area contributed by atoms with Crippen LogP contribution in [0.25, 0.3) is 0 Å². The first-order valence-electron chi connectivity index (χ1n) is 6.23. The van der Waals surface area contributed by atoms with Crippen molar-refractivity contribution in [1.82, 2.24) is 9.55 Å². The van der Waals surface area contributed by atoms with Gasteiger partial charge in [-0.2, -0.15) is 0 Å². The molecule has 2 rings (SSSR count). The van der Waals surface area contributed by atoms with Crippen LogP contribution in [-0.2, 0) is 23.0 Å². The first-order valence-corrected chi connectivity index (χ1v) is 7.78. The molecule has 2 N–H and O–H groups in total. The highest BCUT2D eigenvalue weighted by atomic mass is 32.2. The number of aryl methyl sites for hydroxylation is 1. The molecule has 0 atom stereocenters. The summed E-state index contributed by atoms with van der Waals surface area (Å²) in [7, 11) is -3.83. The van der Waals surface area contributed by atoms with Gasteiger partial charge in [0.15, 0.2) is 5.03 Å². The van der Waals surface area contributed by atoms with Crippen LogP contribution in [0, 0.1) is 5.82 Å². The average molecular weight is 297 g/mol. The van der Waals surface area contributed by atoms with Gasteiger partial charge in [0.1, 0.15) is 11.6 Å². The number of halogens is 1. The maximum absolute atomic E-state index is 13.2. The second-order valence-corrected chi connectivity index (χ2v) is 6.06. The van der Waals surface area contributed by atoms with Crippen molar-refractivity contribution in [3.05, 3.63) is 47.7 Å². The summed E-state index contributed by atoms with van der Waals surface area (Å²) >= 11 is 0. The van der Waals surface area contributed by atoms with Gasteiger partial charge in [0.25, 0.3) is 10.0 Å². The topological polar surface area (TPSA) is 78.0 Å². The number of sulfonamides is 1. The first kappa shape index (κ1) is 14.7. The zero-order valence-electron chi connectivity index (χ0n) is 11.1. The third-order valence-corrected chi connectivity index (χ3v) is 3.62. The third kappa shape index (κ3) is 3.43. The van der Waals surface area contributed by atoms with Crippen LogP contribution in [0.4, 0.5) is 4.39 Å². The second kappa shape index (κ2) is 5.72. The molecule has 1 heterocycles. The second-order valence-electron chi connectivity index (χ2n) is 4.55. The lowest BCUT2D eigenvalue weighted by Gasteiger charge is -2.07. The fourth-order valence-electron chi connectivity index (χ4n) is 1.96. The Morgan fingerprint density at radius 3 is 2.75 bits per heavy atom. The predicted octanol–water partition coefficient (Wildman–Crippen LogP) is 1.67. The molecule has 0 aliphatic heterocycles. The highest BCUT2D eigenvalue weighted by molar-refractivity contribution is 7.89. The number of imidazole rings is 1. The first-order chi connectivity index (χ1) is 9.40. The zero-order valence-corrected chi connectivity index (χ0v) is 11.9. The summed E-state index contributed by atoms with van der Waals surface area (Å²) in [5.41, 5.74) is 0.737. The van der Waals surface area contributed by atoms with Crippen LogP contribution in [-0.4, -0.2) is 18.0 Å². The van der Waals surface area contributed by atoms with Crippen LogP contribution >= 0.6 is 0 Å². The van der Waals surface area contributed by atoms with Gasteiger partial charge in [-0.25, -0.2) is 22.9 Å². The standard InChI is InChI=1S/C13H16FN3O2S/c1-2-4-12-16-13(20(15,18)19)9-17(12)8-10-5-3-6-11(14)7-10/h3,5-7,9H,2,4,8H2,1H3,(H2,15,18,19). The summed E-state index contributed by atoms with van der Waals surface area (Å²) in [6.07, 6.45) is 2.85. The number of hydrogen-bond donors (Lipinski definition) is 1. The molecular weight excluding hydrogens is 281 g/mol. The van der Waals surface area contributed by atoms with Crippen molar-refractivity contribution in [1.29, 1.82) is 0 Å². The Bertz CT molecular complexity index is 710. The Labute approximate surface area is 117 Å². The van der Waals surface area contributed by atoms with E-state index in [2.05, 4.69) is 4.98 Å². The summed E-state index contributed by atoms with van der Waals surface area (Å²) in [6.45, 7) is 2.33. The summed E-state index contributed by atoms with van der Waals surface area (Å²) in [4.78, 5) is 4.05. The van der Waals surface area contributed by atoms with E-state index in [0.717, 1.165) is 12.0 Å². The van der Waals surface area contributed by atoms with Gasteiger partial charge in [0, 0.05) is 19.2 Å². The fraction of sp³-hybridized carbons (Fsp3) is 0.308. The number of benzene rings is 1. The van der Waals surface area contributed by atoms with Gasteiger partial charge in [-0.15, -0.1) is 0 Å². The maximum Gasteiger partial charge on any atom is 0.257 e. The monoisotopic (exact) mass is 297 g/mol. The Balaban J connectivity index is 2.37. The summed E-state index contributed by atoms with van der Waals surface area (Å²) < 4.78 is 37.6. The van der Waals surface area contributed by atoms with Gasteiger partial charge in [-0.1, -0.05) is 19.1 Å². The van der Waals surface area contributed by atoms with E-state index in [9.17, 15) is 12.8 Å². The lowest BCUT2D eigenvalue weighted by atomic mass is 10.2. The Morgan fingerprint density at radius 2 is 2.15 bits per heavy atom. The molecule has 0 saturated heterocycles. The molecule has 0 radical (unpaired) electrons. The van der Waals surface area contributed by atoms with Crippen molar-refractivity contribution in [2.75, 3.05) is 0 Å². The molecule has 108 valence electrons. The molecule has 0 unspecified atom stereocenters. The lowest BCUT2D eigenvalue weighted by molar-refractivity contribution is 0.594. The van der Waals surface area contributed by atoms with Crippen molar-refractivity contribution >= 4 is 10.0 Å². The minimum Gasteiger partial charge on any atom is -0.329 e. The van der Waals surface area contributed by atoms with Crippen LogP contribution < -0.4 is 5.14 Å². The molecule has 7 heteroatoms. The van der Waals surface area contributed by atoms with Crippen LogP contribution in [0.5, 0.6) is 0 Å². The molecule has 0 saturated carbocycles. The SMILES string of the molecule is CCCc1nc(S(N)(=O)=O)cn1Cc1cccc(F)c1. The molecule has 0 amide bonds. The molecule has 0 fully saturated rings. The molecule has 0 spiro atoms. The number of rotatable bonds is 5. The average Bonchev–Trinajstić information content (AvgIpc) is 2.73. The fourth-order valence-corrected chi connectivity index (χ4v) is 2.46. The molecule has 1 aromatic carbocycles. The summed E-state index contributed by atoms with van der Waals surface area (Å²) in [5, 5.41) is 4.93. The molecule has 5 nitrogen and oxygen atoms in total. The number of aromatic nitrogens is 2. The molecule has 0 aliphatic carbocycles. The van der Waals surface area contributed by atoms with Crippen LogP contribution in [0.3, 0.4) is 0 Å². The van der Waals surface area contributed by atoms with E-state index >= 15 is 0 Å². The van der Waals surface area contributed by atoms with E-state index in [0.29, 0.717) is 18.8 Å². The molecule has 1 aromatic heterocycles. The minimum atomic E-state index is -3.83. The van der Waals surface area contributed by atoms with E-state index in [1.165, 1.54) is 18.3 Å². The van der Waals surface area contributed by atoms with E-state index in [-0.39, 0.29) is 10.8 Å². The number of primary sulfonamides is 1. The quantitative estimate of drug-likeness (QED) is 0.912. The maximum atomic E-state index is 13.2. The van der Waals surface area contributed by atoms with Crippen molar-refractivity contribution in [3.8, 4) is 0 Å². The predicted molar refractivity (Wildman–Crippen MR) is 73.1 cm³/mol. The van der Waals surface area contributed by atoms with Crippen molar-refractivity contribution in [3.63, 3.8) is 0 Å². The van der Waals surface area contributed by atoms with E-state index in [1.54, 1.807) is 16.7 Å². The van der Waals surface area contributed by atoms with Crippen LogP contribution in [0.2, 0.25) is 0 Å². The molecule has 2 aromatic rings. The third-order valence-electron chi connectivity index (χ3n) is 2.84. The van der Waals surface area contributed by atoms with Gasteiger partial charge in [0.2, 0.25) is 0 Å². The van der Waals surface area contributed by atoms with Crippen molar-refractivity contribution < 1.29 is 12.8 Å². The van der Waals surface area contributed by atoms with E-state index in [4.69, 9.17) is 5.14 Å². The van der Waals surface area contributed by atoms with Crippen LogP contribution in [0.15, 0.2) is 35.5 Å². The highest BCUT2D eigenvalue weighted by Crippen LogP contribution is 2.13. The normalized spacial score (nSPS) is 11.8. The number of nitrogens with two attached hydrogens (primary N) is 1. The minimum absolute atomic E-state index is 0.155. The number of nitrogens with zero attached hydrogens (tertiary/aromatic N) is 2. The number of hydrogen-bond acceptors (Lipinski definition) is 3. The van der Waals surface area contributed by atoms with Gasteiger partial charge < -0.3 is 4.57 Å². The highest BCUT2D eigenvalue weighted by Gasteiger charge is 2.16. The Kier molecular flexibility index (Phi) is 4.20. The van der Waals surface area contributed by atoms with Gasteiger partial charge >= 0.3 is 0 Å². The Hall–Kier alpha value is -1.73. The lowest BCUT2D eigenvalue weighted by Crippen LogP contribution is -2.12. The van der Waals surface area contributed by atoms with Crippen LogP contribution in [0.1, 0.15) is 24.7 Å². The summed E-state index contributed by atoms with van der Waals surface area (Å²) in [6, 6.07) is 6.16. The van der Waals surface area contributed by atoms with Gasteiger partial charge in [-0.05, 0) is 24.1 Å². The van der Waals surface area contributed by atoms with Gasteiger partial charge in [0.05, 0.1) is 0 Å². The van der Waals surface area contributed by atoms with E-state index in [1.807, 2.05) is 6.92 Å². The molecule has 0 aliphatic rings. The van der Waals surface area contributed by atoms with Gasteiger partial charge in [-0.3, -0.25) is 0 Å². The zero-order chi connectivity index (χ0) is 14.8. The smallest absolute Gasteiger partial charge is 0.257 e. The molecule has 0 bridgehead atoms.